The van der Waals surface area contributed by atoms with Crippen molar-refractivity contribution in [1.82, 2.24) is 9.38 Å². The Labute approximate surface area is 158 Å². The number of rotatable bonds is 1. The summed E-state index contributed by atoms with van der Waals surface area (Å²) in [5, 5.41) is -0.0945. The van der Waals surface area contributed by atoms with Gasteiger partial charge in [0.05, 0.1) is 27.8 Å². The van der Waals surface area contributed by atoms with Gasteiger partial charge in [-0.1, -0.05) is 0 Å². The molecule has 3 aromatic heterocycles. The zero-order valence-electron chi connectivity index (χ0n) is 14.5. The molecule has 4 aromatic rings. The fourth-order valence-electron chi connectivity index (χ4n) is 3.07. The van der Waals surface area contributed by atoms with Crippen LogP contribution in [0.2, 0.25) is 0 Å². The van der Waals surface area contributed by atoms with Gasteiger partial charge >= 0.3 is 12.4 Å². The van der Waals surface area contributed by atoms with Gasteiger partial charge in [-0.05, 0) is 37.3 Å². The van der Waals surface area contributed by atoms with Gasteiger partial charge in [-0.3, -0.25) is 4.79 Å². The van der Waals surface area contributed by atoms with Crippen LogP contribution in [0, 0.1) is 6.92 Å². The Morgan fingerprint density at radius 1 is 0.966 bits per heavy atom. The molecule has 0 aliphatic carbocycles. The van der Waals surface area contributed by atoms with Crippen molar-refractivity contribution >= 4 is 16.6 Å². The zero-order chi connectivity index (χ0) is 21.1. The number of benzene rings is 1. The quantitative estimate of drug-likeness (QED) is 0.391. The number of nitrogens with zero attached hydrogens (tertiary/aromatic N) is 2. The van der Waals surface area contributed by atoms with Crippen LogP contribution in [0.15, 0.2) is 52.0 Å². The van der Waals surface area contributed by atoms with Crippen LogP contribution < -0.4 is 5.43 Å². The highest BCUT2D eigenvalue weighted by Crippen LogP contribution is 2.33. The molecule has 0 radical (unpaired) electrons. The van der Waals surface area contributed by atoms with E-state index in [1.165, 1.54) is 10.6 Å². The number of halogens is 6. The molecule has 10 heteroatoms. The number of pyridine rings is 1. The van der Waals surface area contributed by atoms with Gasteiger partial charge in [0, 0.05) is 11.9 Å². The number of aromatic nitrogens is 2. The molecule has 0 saturated heterocycles. The van der Waals surface area contributed by atoms with E-state index in [2.05, 4.69) is 4.98 Å². The molecule has 29 heavy (non-hydrogen) atoms. The van der Waals surface area contributed by atoms with E-state index in [0.717, 1.165) is 30.5 Å². The average Bonchev–Trinajstić information content (AvgIpc) is 2.96. The van der Waals surface area contributed by atoms with E-state index in [1.54, 1.807) is 6.92 Å². The molecule has 0 amide bonds. The summed E-state index contributed by atoms with van der Waals surface area (Å²) in [6.07, 6.45) is -7.01. The maximum absolute atomic E-state index is 12.9. The van der Waals surface area contributed by atoms with Crippen molar-refractivity contribution < 1.29 is 30.8 Å². The van der Waals surface area contributed by atoms with E-state index in [0.29, 0.717) is 11.8 Å². The van der Waals surface area contributed by atoms with Gasteiger partial charge in [0.1, 0.15) is 17.5 Å². The third kappa shape index (κ3) is 3.14. The van der Waals surface area contributed by atoms with Crippen molar-refractivity contribution in [2.45, 2.75) is 19.3 Å². The molecule has 4 nitrogen and oxygen atoms in total. The van der Waals surface area contributed by atoms with Gasteiger partial charge < -0.3 is 8.82 Å². The number of imidazole rings is 1. The summed E-state index contributed by atoms with van der Waals surface area (Å²) < 4.78 is 83.9. The van der Waals surface area contributed by atoms with Crippen LogP contribution in [0.4, 0.5) is 26.3 Å². The van der Waals surface area contributed by atoms with Crippen LogP contribution in [0.25, 0.3) is 27.9 Å². The van der Waals surface area contributed by atoms with Gasteiger partial charge in [0.15, 0.2) is 0 Å². The Bertz CT molecular complexity index is 1310. The monoisotopic (exact) mass is 412 g/mol. The number of hydrogen-bond acceptors (Lipinski definition) is 3. The lowest BCUT2D eigenvalue weighted by molar-refractivity contribution is -0.138. The largest absolute Gasteiger partial charge is 0.463 e. The molecule has 0 spiro atoms. The summed E-state index contributed by atoms with van der Waals surface area (Å²) in [7, 11) is 0. The van der Waals surface area contributed by atoms with Crippen LogP contribution in [0.1, 0.15) is 16.8 Å². The molecule has 0 aliphatic heterocycles. The first-order chi connectivity index (χ1) is 13.5. The van der Waals surface area contributed by atoms with Crippen LogP contribution in [-0.2, 0) is 12.4 Å². The molecule has 0 unspecified atom stereocenters. The Morgan fingerprint density at radius 3 is 2.28 bits per heavy atom. The Hall–Kier alpha value is -3.30. The SMILES string of the molecule is Cc1c(-c2coc3cc(C(F)(F)F)ccc3c2=O)nc2cc(C(F)(F)F)ccn12. The molecule has 3 heterocycles. The highest BCUT2D eigenvalue weighted by Gasteiger charge is 2.32. The summed E-state index contributed by atoms with van der Waals surface area (Å²) in [6.45, 7) is 1.55. The second-order valence-corrected chi connectivity index (χ2v) is 6.37. The lowest BCUT2D eigenvalue weighted by atomic mass is 10.1. The predicted molar refractivity (Wildman–Crippen MR) is 91.4 cm³/mol. The topological polar surface area (TPSA) is 47.5 Å². The summed E-state index contributed by atoms with van der Waals surface area (Å²) in [5.41, 5.74) is -2.38. The minimum Gasteiger partial charge on any atom is -0.463 e. The third-order valence-electron chi connectivity index (χ3n) is 4.55. The third-order valence-corrected chi connectivity index (χ3v) is 4.55. The second kappa shape index (κ2) is 6.10. The van der Waals surface area contributed by atoms with Crippen LogP contribution in [0.3, 0.4) is 0 Å². The fourth-order valence-corrected chi connectivity index (χ4v) is 3.07. The molecule has 4 rings (SSSR count). The highest BCUT2D eigenvalue weighted by molar-refractivity contribution is 5.82. The van der Waals surface area contributed by atoms with E-state index in [9.17, 15) is 31.1 Å². The van der Waals surface area contributed by atoms with E-state index >= 15 is 0 Å². The molecule has 1 aromatic carbocycles. The second-order valence-electron chi connectivity index (χ2n) is 6.37. The first kappa shape index (κ1) is 19.0. The van der Waals surface area contributed by atoms with Crippen LogP contribution in [-0.4, -0.2) is 9.38 Å². The Morgan fingerprint density at radius 2 is 1.62 bits per heavy atom. The standard InChI is InChI=1S/C19H10F6N2O2/c1-9-16(26-15-7-11(19(23,24)25)4-5-27(9)15)13-8-29-14-6-10(18(20,21)22)2-3-12(14)17(13)28/h2-8H,1H3. The Balaban J connectivity index is 1.90. The zero-order valence-corrected chi connectivity index (χ0v) is 14.5. The molecule has 0 fully saturated rings. The van der Waals surface area contributed by atoms with Gasteiger partial charge in [-0.2, -0.15) is 26.3 Å². The number of alkyl halides is 6. The molecule has 0 bridgehead atoms. The molecule has 0 atom stereocenters. The van der Waals surface area contributed by atoms with E-state index in [4.69, 9.17) is 4.42 Å². The smallest absolute Gasteiger partial charge is 0.416 e. The van der Waals surface area contributed by atoms with E-state index < -0.39 is 28.9 Å². The Kier molecular flexibility index (Phi) is 4.00. The lowest BCUT2D eigenvalue weighted by Crippen LogP contribution is -2.08. The summed E-state index contributed by atoms with van der Waals surface area (Å²) in [6, 6.07) is 4.20. The average molecular weight is 412 g/mol. The van der Waals surface area contributed by atoms with E-state index in [-0.39, 0.29) is 27.9 Å². The van der Waals surface area contributed by atoms with Crippen LogP contribution in [0.5, 0.6) is 0 Å². The van der Waals surface area contributed by atoms with Gasteiger partial charge in [0.25, 0.3) is 0 Å². The van der Waals surface area contributed by atoms with Gasteiger partial charge in [-0.15, -0.1) is 0 Å². The number of hydrogen-bond donors (Lipinski definition) is 0. The van der Waals surface area contributed by atoms with Crippen molar-refractivity contribution in [1.29, 1.82) is 0 Å². The summed E-state index contributed by atoms with van der Waals surface area (Å²) in [4.78, 5) is 16.9. The van der Waals surface area contributed by atoms with Gasteiger partial charge in [0.2, 0.25) is 5.43 Å². The number of aryl methyl sites for hydroxylation is 1. The first-order valence-electron chi connectivity index (χ1n) is 8.16. The normalized spacial score (nSPS) is 12.8. The molecule has 0 aliphatic rings. The molecule has 0 N–H and O–H groups in total. The van der Waals surface area contributed by atoms with Crippen molar-refractivity contribution in [3.05, 3.63) is 69.8 Å². The maximum Gasteiger partial charge on any atom is 0.416 e. The van der Waals surface area contributed by atoms with Crippen molar-refractivity contribution in [2.75, 3.05) is 0 Å². The van der Waals surface area contributed by atoms with Crippen LogP contribution >= 0.6 is 0 Å². The van der Waals surface area contributed by atoms with E-state index in [1.807, 2.05) is 0 Å². The molecule has 150 valence electrons. The highest BCUT2D eigenvalue weighted by atomic mass is 19.4. The first-order valence-corrected chi connectivity index (χ1v) is 8.16. The number of fused-ring (bicyclic) bond motifs is 2. The molecular weight excluding hydrogens is 402 g/mol. The predicted octanol–water partition coefficient (Wildman–Crippen LogP) is 5.45. The minimum atomic E-state index is -4.60. The maximum atomic E-state index is 12.9. The lowest BCUT2D eigenvalue weighted by Gasteiger charge is -2.07. The molecular formula is C19H10F6N2O2. The van der Waals surface area contributed by atoms with Gasteiger partial charge in [-0.25, -0.2) is 4.98 Å². The van der Waals surface area contributed by atoms with Crippen molar-refractivity contribution in [2.24, 2.45) is 0 Å². The fraction of sp³-hybridized carbons (Fsp3) is 0.158. The van der Waals surface area contributed by atoms with Crippen molar-refractivity contribution in [3.8, 4) is 11.3 Å². The summed E-state index contributed by atoms with van der Waals surface area (Å²) in [5.74, 6) is 0. The van der Waals surface area contributed by atoms with Crippen molar-refractivity contribution in [3.63, 3.8) is 0 Å². The minimum absolute atomic E-state index is 0.0285. The summed E-state index contributed by atoms with van der Waals surface area (Å²) >= 11 is 0. The molecule has 0 saturated carbocycles.